The second-order valence-corrected chi connectivity index (χ2v) is 4.84. The normalized spacial score (nSPS) is 16.4. The Morgan fingerprint density at radius 1 is 1.47 bits per heavy atom. The summed E-state index contributed by atoms with van der Waals surface area (Å²) in [4.78, 5) is 0. The van der Waals surface area contributed by atoms with E-state index in [0.717, 1.165) is 6.54 Å². The van der Waals surface area contributed by atoms with Crippen molar-refractivity contribution in [1.29, 1.82) is 0 Å². The van der Waals surface area contributed by atoms with Crippen molar-refractivity contribution in [3.63, 3.8) is 0 Å². The molecule has 0 aliphatic carbocycles. The summed E-state index contributed by atoms with van der Waals surface area (Å²) in [6.07, 6.45) is 3.31. The smallest absolute Gasteiger partial charge is 0.155 e. The van der Waals surface area contributed by atoms with Crippen molar-refractivity contribution in [1.82, 2.24) is 9.78 Å². The van der Waals surface area contributed by atoms with Crippen LogP contribution in [0.25, 0.3) is 0 Å². The topological polar surface area (TPSA) is 43.8 Å². The maximum atomic E-state index is 14.7. The Morgan fingerprint density at radius 3 is 2.40 bits per heavy atom. The fraction of sp³-hybridized carbons (Fsp3) is 0.727. The number of nitrogens with zero attached hydrogens (tertiary/aromatic N) is 2. The lowest BCUT2D eigenvalue weighted by molar-refractivity contribution is 0.0342. The molecule has 0 radical (unpaired) electrons. The first-order valence-electron chi connectivity index (χ1n) is 5.27. The SMILES string of the molecule is CCn1cc(C(F)(CN)C(C)(C)C)cn1. The summed E-state index contributed by atoms with van der Waals surface area (Å²) in [5, 5.41) is 4.08. The molecule has 0 fully saturated rings. The minimum atomic E-state index is -1.51. The number of alkyl halides is 1. The zero-order chi connectivity index (χ0) is 11.7. The highest BCUT2D eigenvalue weighted by atomic mass is 19.1. The highest BCUT2D eigenvalue weighted by Crippen LogP contribution is 2.41. The van der Waals surface area contributed by atoms with Crippen LogP contribution in [0, 0.1) is 5.41 Å². The maximum Gasteiger partial charge on any atom is 0.155 e. The Hall–Kier alpha value is -0.900. The first-order chi connectivity index (χ1) is 6.85. The summed E-state index contributed by atoms with van der Waals surface area (Å²) in [6.45, 7) is 8.24. The summed E-state index contributed by atoms with van der Waals surface area (Å²) in [5.74, 6) is 0. The molecule has 0 aliphatic rings. The first-order valence-corrected chi connectivity index (χ1v) is 5.27. The summed E-state index contributed by atoms with van der Waals surface area (Å²) < 4.78 is 16.4. The predicted octanol–water partition coefficient (Wildman–Crippen LogP) is 2.07. The second kappa shape index (κ2) is 3.93. The fourth-order valence-corrected chi connectivity index (χ4v) is 1.60. The third kappa shape index (κ3) is 2.04. The highest BCUT2D eigenvalue weighted by Gasteiger charge is 2.43. The number of nitrogens with two attached hydrogens (primary N) is 1. The second-order valence-electron chi connectivity index (χ2n) is 4.84. The zero-order valence-corrected chi connectivity index (χ0v) is 9.92. The van der Waals surface area contributed by atoms with Gasteiger partial charge in [-0.25, -0.2) is 4.39 Å². The van der Waals surface area contributed by atoms with Crippen molar-refractivity contribution in [2.24, 2.45) is 11.1 Å². The molecule has 1 heterocycles. The lowest BCUT2D eigenvalue weighted by Crippen LogP contribution is -2.42. The van der Waals surface area contributed by atoms with E-state index in [-0.39, 0.29) is 6.54 Å². The average Bonchev–Trinajstić information content (AvgIpc) is 2.63. The molecule has 1 atom stereocenters. The molecule has 4 heteroatoms. The van der Waals surface area contributed by atoms with Crippen molar-refractivity contribution in [2.45, 2.75) is 39.9 Å². The van der Waals surface area contributed by atoms with Crippen LogP contribution in [0.3, 0.4) is 0 Å². The third-order valence-corrected chi connectivity index (χ3v) is 2.88. The summed E-state index contributed by atoms with van der Waals surface area (Å²) >= 11 is 0. The number of hydrogen-bond donors (Lipinski definition) is 1. The molecule has 2 N–H and O–H groups in total. The van der Waals surface area contributed by atoms with E-state index in [4.69, 9.17) is 5.73 Å². The minimum Gasteiger partial charge on any atom is -0.327 e. The van der Waals surface area contributed by atoms with Gasteiger partial charge in [0.2, 0.25) is 0 Å². The molecule has 1 aromatic rings. The van der Waals surface area contributed by atoms with Gasteiger partial charge in [-0.1, -0.05) is 20.8 Å². The molecule has 0 aliphatic heterocycles. The van der Waals surface area contributed by atoms with Gasteiger partial charge in [0.05, 0.1) is 6.20 Å². The molecule has 1 unspecified atom stereocenters. The predicted molar refractivity (Wildman–Crippen MR) is 59.2 cm³/mol. The molecule has 0 aromatic carbocycles. The molecule has 0 amide bonds. The van der Waals surface area contributed by atoms with Crippen LogP contribution in [0.1, 0.15) is 33.3 Å². The molecular weight excluding hydrogens is 193 g/mol. The Balaban J connectivity index is 3.11. The van der Waals surface area contributed by atoms with Gasteiger partial charge in [-0.2, -0.15) is 5.10 Å². The standard InChI is InChI=1S/C11H20FN3/c1-5-15-7-9(6-14-15)11(12,8-13)10(2,3)4/h6-7H,5,8,13H2,1-4H3. The molecule has 1 rings (SSSR count). The van der Waals surface area contributed by atoms with Crippen molar-refractivity contribution in [3.8, 4) is 0 Å². The molecule has 3 nitrogen and oxygen atoms in total. The van der Waals surface area contributed by atoms with Crippen LogP contribution < -0.4 is 5.73 Å². The summed E-state index contributed by atoms with van der Waals surface area (Å²) in [7, 11) is 0. The molecule has 1 aromatic heterocycles. The first kappa shape index (κ1) is 12.2. The lowest BCUT2D eigenvalue weighted by atomic mass is 9.74. The molecule has 86 valence electrons. The minimum absolute atomic E-state index is 0.0219. The zero-order valence-electron chi connectivity index (χ0n) is 9.92. The fourth-order valence-electron chi connectivity index (χ4n) is 1.60. The van der Waals surface area contributed by atoms with E-state index in [1.807, 2.05) is 27.7 Å². The van der Waals surface area contributed by atoms with Crippen molar-refractivity contribution < 1.29 is 4.39 Å². The third-order valence-electron chi connectivity index (χ3n) is 2.88. The van der Waals surface area contributed by atoms with Gasteiger partial charge in [-0.3, -0.25) is 4.68 Å². The number of rotatable bonds is 3. The van der Waals surface area contributed by atoms with E-state index >= 15 is 0 Å². The van der Waals surface area contributed by atoms with Crippen LogP contribution >= 0.6 is 0 Å². The Kier molecular flexibility index (Phi) is 3.19. The van der Waals surface area contributed by atoms with Crippen molar-refractivity contribution in [2.75, 3.05) is 6.54 Å². The maximum absolute atomic E-state index is 14.7. The quantitative estimate of drug-likeness (QED) is 0.835. The van der Waals surface area contributed by atoms with Gasteiger partial charge in [0.15, 0.2) is 5.67 Å². The van der Waals surface area contributed by atoms with Crippen LogP contribution in [0.5, 0.6) is 0 Å². The molecule has 0 saturated carbocycles. The number of halogens is 1. The van der Waals surface area contributed by atoms with E-state index < -0.39 is 11.1 Å². The summed E-state index contributed by atoms with van der Waals surface area (Å²) in [6, 6.07) is 0. The van der Waals surface area contributed by atoms with E-state index in [2.05, 4.69) is 5.10 Å². The Bertz CT molecular complexity index is 327. The van der Waals surface area contributed by atoms with Crippen molar-refractivity contribution >= 4 is 0 Å². The van der Waals surface area contributed by atoms with Gasteiger partial charge < -0.3 is 5.73 Å². The van der Waals surface area contributed by atoms with Gasteiger partial charge in [0, 0.05) is 30.3 Å². The number of hydrogen-bond acceptors (Lipinski definition) is 2. The van der Waals surface area contributed by atoms with Gasteiger partial charge in [-0.15, -0.1) is 0 Å². The number of aryl methyl sites for hydroxylation is 1. The van der Waals surface area contributed by atoms with Gasteiger partial charge in [-0.05, 0) is 6.92 Å². The lowest BCUT2D eigenvalue weighted by Gasteiger charge is -2.36. The van der Waals surface area contributed by atoms with Crippen LogP contribution in [0.4, 0.5) is 4.39 Å². The Labute approximate surface area is 90.5 Å². The molecular formula is C11H20FN3. The van der Waals surface area contributed by atoms with Gasteiger partial charge in [0.25, 0.3) is 0 Å². The largest absolute Gasteiger partial charge is 0.327 e. The molecule has 15 heavy (non-hydrogen) atoms. The average molecular weight is 213 g/mol. The van der Waals surface area contributed by atoms with E-state index in [1.165, 1.54) is 0 Å². The highest BCUT2D eigenvalue weighted by molar-refractivity contribution is 5.19. The number of aromatic nitrogens is 2. The van der Waals surface area contributed by atoms with Crippen LogP contribution in [-0.4, -0.2) is 16.3 Å². The van der Waals surface area contributed by atoms with E-state index in [0.29, 0.717) is 5.56 Å². The van der Waals surface area contributed by atoms with E-state index in [1.54, 1.807) is 17.1 Å². The van der Waals surface area contributed by atoms with Gasteiger partial charge in [0.1, 0.15) is 0 Å². The van der Waals surface area contributed by atoms with Crippen LogP contribution in [0.2, 0.25) is 0 Å². The molecule has 0 bridgehead atoms. The van der Waals surface area contributed by atoms with Crippen molar-refractivity contribution in [3.05, 3.63) is 18.0 Å². The summed E-state index contributed by atoms with van der Waals surface area (Å²) in [5.41, 5.74) is 4.09. The van der Waals surface area contributed by atoms with E-state index in [9.17, 15) is 4.39 Å². The van der Waals surface area contributed by atoms with Crippen LogP contribution in [0.15, 0.2) is 12.4 Å². The van der Waals surface area contributed by atoms with Crippen LogP contribution in [-0.2, 0) is 12.2 Å². The molecule has 0 spiro atoms. The Morgan fingerprint density at radius 2 is 2.07 bits per heavy atom. The molecule has 0 saturated heterocycles. The van der Waals surface area contributed by atoms with Gasteiger partial charge >= 0.3 is 0 Å². The monoisotopic (exact) mass is 213 g/mol.